The molecule has 1 aliphatic heterocycles. The molecule has 0 spiro atoms. The van der Waals surface area contributed by atoms with Crippen LogP contribution in [0.25, 0.3) is 0 Å². The number of rotatable bonds is 8. The van der Waals surface area contributed by atoms with E-state index in [-0.39, 0.29) is 23.6 Å². The van der Waals surface area contributed by atoms with E-state index in [9.17, 15) is 9.90 Å². The molecule has 1 N–H and O–H groups in total. The molecule has 1 atom stereocenters. The quantitative estimate of drug-likeness (QED) is 0.651. The number of Topliss-reactive ketones (excluding diaryl/α,β-unsaturated/α-hetero) is 1. The number of hydrogen-bond acceptors (Lipinski definition) is 6. The van der Waals surface area contributed by atoms with E-state index in [1.54, 1.807) is 0 Å². The molecule has 2 aromatic carbocycles. The van der Waals surface area contributed by atoms with Gasteiger partial charge in [0.05, 0.1) is 20.3 Å². The first-order valence-corrected chi connectivity index (χ1v) is 10.4. The van der Waals surface area contributed by atoms with Crippen LogP contribution in [0.2, 0.25) is 0 Å². The van der Waals surface area contributed by atoms with Crippen molar-refractivity contribution < 1.29 is 24.1 Å². The number of carbonyl (C=O) groups excluding carboxylic acids is 1. The lowest BCUT2D eigenvalue weighted by molar-refractivity contribution is 0.0810. The van der Waals surface area contributed by atoms with Gasteiger partial charge in [0.25, 0.3) is 0 Å². The summed E-state index contributed by atoms with van der Waals surface area (Å²) in [5, 5.41) is 10.1. The standard InChI is InChI=1S/C24H31NO5/c1-16(2)30-20-9-5-7-18(13-20)23(26)19-8-6-10-25(15-19)14-17-11-21(28-3)24(27)22(12-17)29-4/h5,7,9,11-13,16,19,27H,6,8,10,14-15H2,1-4H3/t19-/m1/s1. The van der Waals surface area contributed by atoms with Crippen LogP contribution in [-0.4, -0.2) is 49.2 Å². The number of ketones is 1. The van der Waals surface area contributed by atoms with E-state index in [1.807, 2.05) is 50.2 Å². The topological polar surface area (TPSA) is 68.2 Å². The first-order valence-electron chi connectivity index (χ1n) is 10.4. The molecule has 1 saturated heterocycles. The van der Waals surface area contributed by atoms with Crippen molar-refractivity contribution in [1.82, 2.24) is 4.90 Å². The maximum absolute atomic E-state index is 13.1. The van der Waals surface area contributed by atoms with Gasteiger partial charge in [-0.1, -0.05) is 12.1 Å². The first-order chi connectivity index (χ1) is 14.4. The fourth-order valence-corrected chi connectivity index (χ4v) is 3.94. The minimum Gasteiger partial charge on any atom is -0.502 e. The molecular weight excluding hydrogens is 382 g/mol. The second kappa shape index (κ2) is 9.85. The number of hydrogen-bond donors (Lipinski definition) is 1. The summed E-state index contributed by atoms with van der Waals surface area (Å²) in [4.78, 5) is 15.4. The number of carbonyl (C=O) groups is 1. The van der Waals surface area contributed by atoms with Gasteiger partial charge in [0.2, 0.25) is 5.75 Å². The molecule has 0 aromatic heterocycles. The highest BCUT2D eigenvalue weighted by atomic mass is 16.5. The third kappa shape index (κ3) is 5.25. The number of phenolic OH excluding ortho intramolecular Hbond substituents is 1. The fraction of sp³-hybridized carbons (Fsp3) is 0.458. The molecule has 3 rings (SSSR count). The molecule has 1 fully saturated rings. The molecule has 6 heteroatoms. The van der Waals surface area contributed by atoms with E-state index in [0.717, 1.165) is 30.7 Å². The van der Waals surface area contributed by atoms with Crippen LogP contribution < -0.4 is 14.2 Å². The molecule has 0 radical (unpaired) electrons. The summed E-state index contributed by atoms with van der Waals surface area (Å²) in [5.74, 6) is 1.61. The van der Waals surface area contributed by atoms with Gasteiger partial charge in [-0.15, -0.1) is 0 Å². The van der Waals surface area contributed by atoms with Crippen LogP contribution in [0, 0.1) is 5.92 Å². The molecule has 0 bridgehead atoms. The summed E-state index contributed by atoms with van der Waals surface area (Å²) in [5.41, 5.74) is 1.68. The third-order valence-electron chi connectivity index (χ3n) is 5.31. The molecule has 0 amide bonds. The SMILES string of the molecule is COc1cc(CN2CCC[C@@H](C(=O)c3cccc(OC(C)C)c3)C2)cc(OC)c1O. The Morgan fingerprint density at radius 2 is 1.87 bits per heavy atom. The van der Waals surface area contributed by atoms with Crippen LogP contribution in [0.5, 0.6) is 23.0 Å². The van der Waals surface area contributed by atoms with Crippen molar-refractivity contribution in [3.63, 3.8) is 0 Å². The van der Waals surface area contributed by atoms with Crippen LogP contribution in [0.4, 0.5) is 0 Å². The molecular formula is C24H31NO5. The lowest BCUT2D eigenvalue weighted by Gasteiger charge is -2.32. The number of phenols is 1. The van der Waals surface area contributed by atoms with Crippen molar-refractivity contribution in [1.29, 1.82) is 0 Å². The van der Waals surface area contributed by atoms with Gasteiger partial charge in [-0.25, -0.2) is 0 Å². The Morgan fingerprint density at radius 1 is 1.17 bits per heavy atom. The molecule has 30 heavy (non-hydrogen) atoms. The highest BCUT2D eigenvalue weighted by Crippen LogP contribution is 2.37. The van der Waals surface area contributed by atoms with Gasteiger partial charge in [0, 0.05) is 24.6 Å². The summed E-state index contributed by atoms with van der Waals surface area (Å²) in [6, 6.07) is 11.1. The Labute approximate surface area is 178 Å². The second-order valence-corrected chi connectivity index (χ2v) is 7.98. The summed E-state index contributed by atoms with van der Waals surface area (Å²) in [6.07, 6.45) is 1.91. The molecule has 2 aromatic rings. The van der Waals surface area contributed by atoms with Gasteiger partial charge in [-0.2, -0.15) is 0 Å². The van der Waals surface area contributed by atoms with Gasteiger partial charge < -0.3 is 19.3 Å². The van der Waals surface area contributed by atoms with E-state index in [1.165, 1.54) is 14.2 Å². The number of aromatic hydroxyl groups is 1. The third-order valence-corrected chi connectivity index (χ3v) is 5.31. The van der Waals surface area contributed by atoms with E-state index in [0.29, 0.717) is 30.2 Å². The lowest BCUT2D eigenvalue weighted by atomic mass is 9.89. The average molecular weight is 414 g/mol. The predicted octanol–water partition coefficient (Wildman–Crippen LogP) is 4.29. The van der Waals surface area contributed by atoms with Crippen molar-refractivity contribution in [2.45, 2.75) is 39.3 Å². The van der Waals surface area contributed by atoms with Crippen molar-refractivity contribution >= 4 is 5.78 Å². The second-order valence-electron chi connectivity index (χ2n) is 7.98. The Morgan fingerprint density at radius 3 is 2.50 bits per heavy atom. The first kappa shape index (κ1) is 22.0. The largest absolute Gasteiger partial charge is 0.502 e. The summed E-state index contributed by atoms with van der Waals surface area (Å²) >= 11 is 0. The number of methoxy groups -OCH3 is 2. The van der Waals surface area contributed by atoms with Crippen molar-refractivity contribution in [2.75, 3.05) is 27.3 Å². The van der Waals surface area contributed by atoms with Crippen LogP contribution >= 0.6 is 0 Å². The zero-order valence-corrected chi connectivity index (χ0v) is 18.2. The summed E-state index contributed by atoms with van der Waals surface area (Å²) < 4.78 is 16.3. The zero-order valence-electron chi connectivity index (χ0n) is 18.2. The van der Waals surface area contributed by atoms with Gasteiger partial charge >= 0.3 is 0 Å². The minimum absolute atomic E-state index is 0.000975. The van der Waals surface area contributed by atoms with E-state index >= 15 is 0 Å². The minimum atomic E-state index is -0.0473. The van der Waals surface area contributed by atoms with Gasteiger partial charge in [0.15, 0.2) is 17.3 Å². The van der Waals surface area contributed by atoms with Crippen LogP contribution in [-0.2, 0) is 6.54 Å². The van der Waals surface area contributed by atoms with Crippen molar-refractivity contribution in [3.05, 3.63) is 47.5 Å². The van der Waals surface area contributed by atoms with Gasteiger partial charge in [-0.3, -0.25) is 9.69 Å². The van der Waals surface area contributed by atoms with Gasteiger partial charge in [0.1, 0.15) is 5.75 Å². The van der Waals surface area contributed by atoms with Crippen LogP contribution in [0.15, 0.2) is 36.4 Å². The maximum atomic E-state index is 13.1. The average Bonchev–Trinajstić information content (AvgIpc) is 2.74. The van der Waals surface area contributed by atoms with Crippen molar-refractivity contribution in [2.24, 2.45) is 5.92 Å². The zero-order chi connectivity index (χ0) is 21.7. The summed E-state index contributed by atoms with van der Waals surface area (Å²) in [7, 11) is 3.04. The Balaban J connectivity index is 1.71. The number of ether oxygens (including phenoxy) is 3. The molecule has 6 nitrogen and oxygen atoms in total. The molecule has 162 valence electrons. The van der Waals surface area contributed by atoms with E-state index in [4.69, 9.17) is 14.2 Å². The summed E-state index contributed by atoms with van der Waals surface area (Å²) in [6.45, 7) is 6.22. The monoisotopic (exact) mass is 413 g/mol. The Hall–Kier alpha value is -2.73. The number of piperidine rings is 1. The normalized spacial score (nSPS) is 17.0. The highest BCUT2D eigenvalue weighted by molar-refractivity contribution is 5.98. The smallest absolute Gasteiger partial charge is 0.200 e. The number of likely N-dealkylation sites (tertiary alicyclic amines) is 1. The Bertz CT molecular complexity index is 855. The van der Waals surface area contributed by atoms with Crippen LogP contribution in [0.1, 0.15) is 42.6 Å². The van der Waals surface area contributed by atoms with Crippen LogP contribution in [0.3, 0.4) is 0 Å². The molecule has 1 heterocycles. The number of benzene rings is 2. The highest BCUT2D eigenvalue weighted by Gasteiger charge is 2.27. The molecule has 0 aliphatic carbocycles. The number of nitrogens with zero attached hydrogens (tertiary/aromatic N) is 1. The van der Waals surface area contributed by atoms with E-state index in [2.05, 4.69) is 4.90 Å². The molecule has 0 unspecified atom stereocenters. The van der Waals surface area contributed by atoms with Gasteiger partial charge in [-0.05, 0) is 63.1 Å². The fourth-order valence-electron chi connectivity index (χ4n) is 3.94. The van der Waals surface area contributed by atoms with E-state index < -0.39 is 0 Å². The predicted molar refractivity (Wildman–Crippen MR) is 116 cm³/mol. The lowest BCUT2D eigenvalue weighted by Crippen LogP contribution is -2.38. The Kier molecular flexibility index (Phi) is 7.21. The molecule has 1 aliphatic rings. The maximum Gasteiger partial charge on any atom is 0.200 e. The van der Waals surface area contributed by atoms with Crippen molar-refractivity contribution in [3.8, 4) is 23.0 Å². The molecule has 0 saturated carbocycles.